The molecule has 3 rings (SSSR count). The number of thioether (sulfide) groups is 1. The quantitative estimate of drug-likeness (QED) is 0.343. The molecule has 2 aromatic carbocycles. The second-order valence-corrected chi connectivity index (χ2v) is 6.69. The number of hydrogen-bond acceptors (Lipinski definition) is 6. The molecule has 0 aliphatic heterocycles. The van der Waals surface area contributed by atoms with E-state index in [4.69, 9.17) is 9.84 Å². The molecule has 0 spiro atoms. The number of carboxylic acid groups (broad SMARTS) is 1. The highest BCUT2D eigenvalue weighted by Crippen LogP contribution is 2.22. The summed E-state index contributed by atoms with van der Waals surface area (Å²) in [5.41, 5.74) is 4.89. The van der Waals surface area contributed by atoms with Crippen molar-refractivity contribution < 1.29 is 19.4 Å². The third-order valence-corrected chi connectivity index (χ3v) is 4.77. The molecular formula is C19H18N4O4S. The molecule has 2 N–H and O–H groups in total. The standard InChI is InChI=1S/C19H18N4O4S/c1-23-15-8-4-3-7-14(15)21-19(23)28-12-17(24)22-20-10-13-6-2-5-9-16(13)27-11-18(25)26/h2-10H,11-12H2,1H3,(H,22,24)(H,25,26)/b20-10+. The summed E-state index contributed by atoms with van der Waals surface area (Å²) in [6.45, 7) is -0.453. The number of rotatable bonds is 8. The Bertz CT molecular complexity index is 1030. The van der Waals surface area contributed by atoms with Gasteiger partial charge in [0, 0.05) is 12.6 Å². The maximum atomic E-state index is 12.0. The number of aliphatic carboxylic acids is 1. The van der Waals surface area contributed by atoms with Gasteiger partial charge in [0.05, 0.1) is 23.0 Å². The number of hydrazone groups is 1. The highest BCUT2D eigenvalue weighted by molar-refractivity contribution is 7.99. The second kappa shape index (κ2) is 9.05. The third kappa shape index (κ3) is 4.89. The van der Waals surface area contributed by atoms with Gasteiger partial charge in [-0.25, -0.2) is 15.2 Å². The van der Waals surface area contributed by atoms with Gasteiger partial charge in [0.25, 0.3) is 5.91 Å². The van der Waals surface area contributed by atoms with E-state index in [-0.39, 0.29) is 11.7 Å². The van der Waals surface area contributed by atoms with Gasteiger partial charge in [-0.05, 0) is 24.3 Å². The van der Waals surface area contributed by atoms with E-state index in [0.717, 1.165) is 16.2 Å². The van der Waals surface area contributed by atoms with E-state index in [1.807, 2.05) is 35.9 Å². The SMILES string of the molecule is Cn1c(SCC(=O)N/N=C/c2ccccc2OCC(=O)O)nc2ccccc21. The fourth-order valence-corrected chi connectivity index (χ4v) is 3.23. The topological polar surface area (TPSA) is 106 Å². The lowest BCUT2D eigenvalue weighted by atomic mass is 10.2. The number of carboxylic acids is 1. The number of hydrogen-bond donors (Lipinski definition) is 2. The van der Waals surface area contributed by atoms with Gasteiger partial charge in [0.15, 0.2) is 11.8 Å². The Morgan fingerprint density at radius 1 is 1.25 bits per heavy atom. The van der Waals surface area contributed by atoms with Gasteiger partial charge >= 0.3 is 5.97 Å². The molecule has 28 heavy (non-hydrogen) atoms. The normalized spacial score (nSPS) is 11.0. The number of aryl methyl sites for hydroxylation is 1. The number of benzene rings is 2. The Balaban J connectivity index is 1.55. The largest absolute Gasteiger partial charge is 0.481 e. The zero-order chi connectivity index (χ0) is 19.9. The van der Waals surface area contributed by atoms with Crippen LogP contribution in [-0.2, 0) is 16.6 Å². The van der Waals surface area contributed by atoms with Crippen molar-refractivity contribution in [1.29, 1.82) is 0 Å². The molecule has 144 valence electrons. The number of aromatic nitrogens is 2. The first-order valence-electron chi connectivity index (χ1n) is 8.34. The number of carbonyl (C=O) groups excluding carboxylic acids is 1. The number of para-hydroxylation sites is 3. The lowest BCUT2D eigenvalue weighted by Gasteiger charge is -2.06. The summed E-state index contributed by atoms with van der Waals surface area (Å²) < 4.78 is 7.12. The number of nitrogens with zero attached hydrogens (tertiary/aromatic N) is 3. The van der Waals surface area contributed by atoms with Crippen molar-refractivity contribution in [3.8, 4) is 5.75 Å². The van der Waals surface area contributed by atoms with Crippen LogP contribution in [0.15, 0.2) is 58.8 Å². The van der Waals surface area contributed by atoms with Crippen molar-refractivity contribution in [2.24, 2.45) is 12.1 Å². The Morgan fingerprint density at radius 2 is 2.00 bits per heavy atom. The summed E-state index contributed by atoms with van der Waals surface area (Å²) >= 11 is 1.32. The Hall–Kier alpha value is -3.33. The van der Waals surface area contributed by atoms with Crippen LogP contribution in [0, 0.1) is 0 Å². The number of ether oxygens (including phenoxy) is 1. The highest BCUT2D eigenvalue weighted by Gasteiger charge is 2.10. The summed E-state index contributed by atoms with van der Waals surface area (Å²) in [5, 5.41) is 13.4. The van der Waals surface area contributed by atoms with Crippen LogP contribution in [0.25, 0.3) is 11.0 Å². The van der Waals surface area contributed by atoms with Gasteiger partial charge in [0.2, 0.25) is 0 Å². The molecule has 0 atom stereocenters. The average molecular weight is 398 g/mol. The highest BCUT2D eigenvalue weighted by atomic mass is 32.2. The van der Waals surface area contributed by atoms with Gasteiger partial charge in [-0.1, -0.05) is 36.0 Å². The van der Waals surface area contributed by atoms with Crippen molar-refractivity contribution >= 4 is 40.9 Å². The van der Waals surface area contributed by atoms with Crippen LogP contribution in [0.1, 0.15) is 5.56 Å². The Kier molecular flexibility index (Phi) is 6.28. The van der Waals surface area contributed by atoms with Crippen molar-refractivity contribution in [1.82, 2.24) is 15.0 Å². The maximum absolute atomic E-state index is 12.0. The monoisotopic (exact) mass is 398 g/mol. The molecule has 0 aliphatic rings. The summed E-state index contributed by atoms with van der Waals surface area (Å²) in [7, 11) is 1.90. The van der Waals surface area contributed by atoms with E-state index in [1.165, 1.54) is 18.0 Å². The molecule has 1 amide bonds. The molecule has 0 saturated carbocycles. The first kappa shape index (κ1) is 19.4. The lowest BCUT2D eigenvalue weighted by Crippen LogP contribution is -2.20. The minimum absolute atomic E-state index is 0.158. The molecule has 1 heterocycles. The zero-order valence-corrected chi connectivity index (χ0v) is 15.8. The van der Waals surface area contributed by atoms with Crippen molar-refractivity contribution in [2.45, 2.75) is 5.16 Å². The first-order chi connectivity index (χ1) is 13.5. The number of nitrogens with one attached hydrogen (secondary N) is 1. The maximum Gasteiger partial charge on any atom is 0.341 e. The van der Waals surface area contributed by atoms with Crippen molar-refractivity contribution in [3.63, 3.8) is 0 Å². The van der Waals surface area contributed by atoms with Crippen molar-refractivity contribution in [2.75, 3.05) is 12.4 Å². The summed E-state index contributed by atoms with van der Waals surface area (Å²) in [6, 6.07) is 14.6. The predicted molar refractivity (Wildman–Crippen MR) is 107 cm³/mol. The van der Waals surface area contributed by atoms with Gasteiger partial charge < -0.3 is 14.4 Å². The van der Waals surface area contributed by atoms with Gasteiger partial charge in [-0.15, -0.1) is 0 Å². The van der Waals surface area contributed by atoms with E-state index in [0.29, 0.717) is 11.3 Å². The molecule has 0 aliphatic carbocycles. The lowest BCUT2D eigenvalue weighted by molar-refractivity contribution is -0.139. The van der Waals surface area contributed by atoms with E-state index >= 15 is 0 Å². The van der Waals surface area contributed by atoms with Crippen LogP contribution < -0.4 is 10.2 Å². The minimum Gasteiger partial charge on any atom is -0.481 e. The van der Waals surface area contributed by atoms with E-state index in [1.54, 1.807) is 24.3 Å². The number of carbonyl (C=O) groups is 2. The zero-order valence-electron chi connectivity index (χ0n) is 15.0. The first-order valence-corrected chi connectivity index (χ1v) is 9.33. The molecule has 8 nitrogen and oxygen atoms in total. The van der Waals surface area contributed by atoms with Gasteiger partial charge in [-0.2, -0.15) is 5.10 Å². The molecule has 1 aromatic heterocycles. The number of imidazole rings is 1. The van der Waals surface area contributed by atoms with Crippen LogP contribution in [0.5, 0.6) is 5.75 Å². The van der Waals surface area contributed by atoms with Crippen molar-refractivity contribution in [3.05, 3.63) is 54.1 Å². The third-order valence-electron chi connectivity index (χ3n) is 3.74. The van der Waals surface area contributed by atoms with Crippen LogP contribution in [0.3, 0.4) is 0 Å². The fraction of sp³-hybridized carbons (Fsp3) is 0.158. The molecule has 3 aromatic rings. The van der Waals surface area contributed by atoms with E-state index < -0.39 is 12.6 Å². The molecule has 0 fully saturated rings. The molecular weight excluding hydrogens is 380 g/mol. The second-order valence-electron chi connectivity index (χ2n) is 5.74. The Morgan fingerprint density at radius 3 is 2.79 bits per heavy atom. The molecule has 0 bridgehead atoms. The van der Waals surface area contributed by atoms with Gasteiger partial charge in [0.1, 0.15) is 5.75 Å². The molecule has 0 radical (unpaired) electrons. The predicted octanol–water partition coefficient (Wildman–Crippen LogP) is 2.28. The molecule has 0 unspecified atom stereocenters. The average Bonchev–Trinajstić information content (AvgIpc) is 3.01. The van der Waals surface area contributed by atoms with Gasteiger partial charge in [-0.3, -0.25) is 4.79 Å². The molecule has 9 heteroatoms. The summed E-state index contributed by atoms with van der Waals surface area (Å²) in [5.74, 6) is -0.820. The number of amides is 1. The van der Waals surface area contributed by atoms with E-state index in [9.17, 15) is 9.59 Å². The van der Waals surface area contributed by atoms with Crippen LogP contribution in [0.4, 0.5) is 0 Å². The van der Waals surface area contributed by atoms with Crippen LogP contribution in [-0.4, -0.2) is 45.1 Å². The van der Waals surface area contributed by atoms with Crippen LogP contribution >= 0.6 is 11.8 Å². The van der Waals surface area contributed by atoms with E-state index in [2.05, 4.69) is 15.5 Å². The summed E-state index contributed by atoms with van der Waals surface area (Å²) in [6.07, 6.45) is 1.41. The number of fused-ring (bicyclic) bond motifs is 1. The fourth-order valence-electron chi connectivity index (χ4n) is 2.45. The van der Waals surface area contributed by atoms with Crippen LogP contribution in [0.2, 0.25) is 0 Å². The smallest absolute Gasteiger partial charge is 0.341 e. The Labute approximate surface area is 165 Å². The minimum atomic E-state index is -1.07. The summed E-state index contributed by atoms with van der Waals surface area (Å²) in [4.78, 5) is 27.2. The molecule has 0 saturated heterocycles.